The number of amides is 1. The van der Waals surface area contributed by atoms with Crippen molar-refractivity contribution < 1.29 is 14.3 Å². The van der Waals surface area contributed by atoms with E-state index in [1.165, 1.54) is 7.11 Å². The minimum absolute atomic E-state index is 0.202. The van der Waals surface area contributed by atoms with E-state index in [2.05, 4.69) is 10.1 Å². The molecule has 0 aromatic carbocycles. The Kier molecular flexibility index (Phi) is 3.85. The Balaban J connectivity index is 2.64. The Morgan fingerprint density at radius 1 is 1.50 bits per heavy atom. The molecule has 0 saturated heterocycles. The highest BCUT2D eigenvalue weighted by atomic mass is 32.1. The Hall–Kier alpha value is -1.17. The Labute approximate surface area is 99.7 Å². The Bertz CT molecular complexity index is 326. The van der Waals surface area contributed by atoms with Gasteiger partial charge in [0.15, 0.2) is 0 Å². The van der Waals surface area contributed by atoms with E-state index in [0.29, 0.717) is 12.8 Å². The number of nitrogens with one attached hydrogen (secondary N) is 1. The molecule has 1 unspecified atom stereocenters. The molecular weight excluding hydrogens is 228 g/mol. The third-order valence-electron chi connectivity index (χ3n) is 3.02. The molecule has 0 heterocycles. The summed E-state index contributed by atoms with van der Waals surface area (Å²) in [6.07, 6.45) is 2.24. The minimum atomic E-state index is -0.752. The van der Waals surface area contributed by atoms with Crippen LogP contribution in [0.5, 0.6) is 0 Å². The van der Waals surface area contributed by atoms with E-state index in [-0.39, 0.29) is 10.9 Å². The molecule has 5 nitrogen and oxygen atoms in total. The van der Waals surface area contributed by atoms with Gasteiger partial charge in [-0.05, 0) is 19.8 Å². The molecule has 1 aliphatic rings. The standard InChI is InChI=1S/C10H16N2O3S/c1-6(7(13)15-2)12-9(14)10(8(11)16)4-3-5-10/h6H,3-5H2,1-2H3,(H2,11,16)(H,12,14). The van der Waals surface area contributed by atoms with Crippen LogP contribution in [-0.2, 0) is 14.3 Å². The van der Waals surface area contributed by atoms with Crippen LogP contribution in [0.25, 0.3) is 0 Å². The average molecular weight is 244 g/mol. The second-order valence-corrected chi connectivity index (χ2v) is 4.46. The molecule has 0 aliphatic heterocycles. The van der Waals surface area contributed by atoms with Crippen molar-refractivity contribution in [1.29, 1.82) is 0 Å². The van der Waals surface area contributed by atoms with E-state index >= 15 is 0 Å². The van der Waals surface area contributed by atoms with Crippen LogP contribution in [0.2, 0.25) is 0 Å². The van der Waals surface area contributed by atoms with Crippen LogP contribution in [0.4, 0.5) is 0 Å². The number of hydrogen-bond donors (Lipinski definition) is 2. The highest BCUT2D eigenvalue weighted by molar-refractivity contribution is 7.80. The molecule has 1 amide bonds. The number of esters is 1. The fourth-order valence-corrected chi connectivity index (χ4v) is 1.98. The summed E-state index contributed by atoms with van der Waals surface area (Å²) in [7, 11) is 1.28. The monoisotopic (exact) mass is 244 g/mol. The van der Waals surface area contributed by atoms with Gasteiger partial charge in [0.25, 0.3) is 0 Å². The van der Waals surface area contributed by atoms with Gasteiger partial charge in [0.1, 0.15) is 6.04 Å². The summed E-state index contributed by atoms with van der Waals surface area (Å²) in [5.41, 5.74) is 4.82. The third-order valence-corrected chi connectivity index (χ3v) is 3.41. The lowest BCUT2D eigenvalue weighted by Crippen LogP contribution is -2.56. The van der Waals surface area contributed by atoms with E-state index in [0.717, 1.165) is 6.42 Å². The molecule has 1 fully saturated rings. The maximum Gasteiger partial charge on any atom is 0.328 e. The number of carbonyl (C=O) groups is 2. The second-order valence-electron chi connectivity index (χ2n) is 4.02. The molecule has 0 spiro atoms. The molecule has 0 aromatic heterocycles. The van der Waals surface area contributed by atoms with Crippen molar-refractivity contribution in [2.24, 2.45) is 11.1 Å². The highest BCUT2D eigenvalue weighted by Gasteiger charge is 2.47. The van der Waals surface area contributed by atoms with Crippen molar-refractivity contribution in [2.45, 2.75) is 32.2 Å². The van der Waals surface area contributed by atoms with Crippen LogP contribution >= 0.6 is 12.2 Å². The van der Waals surface area contributed by atoms with Crippen molar-refractivity contribution in [3.8, 4) is 0 Å². The SMILES string of the molecule is COC(=O)C(C)NC(=O)C1(C(N)=S)CCC1. The molecule has 6 heteroatoms. The summed E-state index contributed by atoms with van der Waals surface area (Å²) in [4.78, 5) is 23.3. The number of methoxy groups -OCH3 is 1. The van der Waals surface area contributed by atoms with Crippen LogP contribution in [0, 0.1) is 5.41 Å². The molecule has 0 radical (unpaired) electrons. The lowest BCUT2D eigenvalue weighted by Gasteiger charge is -2.39. The topological polar surface area (TPSA) is 81.4 Å². The van der Waals surface area contributed by atoms with Gasteiger partial charge in [-0.25, -0.2) is 4.79 Å². The van der Waals surface area contributed by atoms with Crippen molar-refractivity contribution >= 4 is 29.1 Å². The van der Waals surface area contributed by atoms with Gasteiger partial charge in [-0.1, -0.05) is 18.6 Å². The number of thiocarbonyl (C=S) groups is 1. The van der Waals surface area contributed by atoms with Crippen LogP contribution in [0.1, 0.15) is 26.2 Å². The first-order valence-electron chi connectivity index (χ1n) is 5.13. The first kappa shape index (κ1) is 12.9. The third kappa shape index (κ3) is 2.16. The van der Waals surface area contributed by atoms with Crippen molar-refractivity contribution in [3.05, 3.63) is 0 Å². The number of hydrogen-bond acceptors (Lipinski definition) is 4. The summed E-state index contributed by atoms with van der Waals surface area (Å²) in [6, 6.07) is -0.677. The van der Waals surface area contributed by atoms with Crippen molar-refractivity contribution in [2.75, 3.05) is 7.11 Å². The summed E-state index contributed by atoms with van der Waals surface area (Å²) >= 11 is 4.90. The van der Waals surface area contributed by atoms with Gasteiger partial charge in [-0.15, -0.1) is 0 Å². The maximum absolute atomic E-state index is 11.9. The molecule has 0 bridgehead atoms. The van der Waals surface area contributed by atoms with Crippen LogP contribution in [0.3, 0.4) is 0 Å². The fourth-order valence-electron chi connectivity index (χ4n) is 1.69. The van der Waals surface area contributed by atoms with Crippen LogP contribution in [0.15, 0.2) is 0 Å². The zero-order valence-electron chi connectivity index (χ0n) is 9.41. The van der Waals surface area contributed by atoms with Crippen LogP contribution < -0.4 is 11.1 Å². The van der Waals surface area contributed by atoms with Crippen molar-refractivity contribution in [3.63, 3.8) is 0 Å². The number of nitrogens with two attached hydrogens (primary N) is 1. The first-order valence-corrected chi connectivity index (χ1v) is 5.53. The zero-order chi connectivity index (χ0) is 12.3. The fraction of sp³-hybridized carbons (Fsp3) is 0.700. The Morgan fingerprint density at radius 2 is 2.06 bits per heavy atom. The smallest absolute Gasteiger partial charge is 0.328 e. The van der Waals surface area contributed by atoms with Gasteiger partial charge >= 0.3 is 5.97 Å². The Morgan fingerprint density at radius 3 is 2.38 bits per heavy atom. The number of rotatable bonds is 4. The number of ether oxygens (including phenoxy) is 1. The molecule has 3 N–H and O–H groups in total. The second kappa shape index (κ2) is 4.78. The zero-order valence-corrected chi connectivity index (χ0v) is 10.2. The summed E-state index contributed by atoms with van der Waals surface area (Å²) in [5, 5.41) is 2.57. The van der Waals surface area contributed by atoms with E-state index in [1.807, 2.05) is 0 Å². The minimum Gasteiger partial charge on any atom is -0.467 e. The highest BCUT2D eigenvalue weighted by Crippen LogP contribution is 2.41. The molecule has 1 rings (SSSR count). The van der Waals surface area contributed by atoms with Gasteiger partial charge in [0.05, 0.1) is 17.5 Å². The van der Waals surface area contributed by atoms with Crippen LogP contribution in [-0.4, -0.2) is 30.0 Å². The van der Waals surface area contributed by atoms with E-state index < -0.39 is 17.4 Å². The van der Waals surface area contributed by atoms with E-state index in [1.54, 1.807) is 6.92 Å². The predicted octanol–water partition coefficient (Wildman–Crippen LogP) is 0.120. The molecule has 1 aliphatic carbocycles. The average Bonchev–Trinajstić information content (AvgIpc) is 2.13. The quantitative estimate of drug-likeness (QED) is 0.542. The largest absolute Gasteiger partial charge is 0.467 e. The normalized spacial score (nSPS) is 19.1. The maximum atomic E-state index is 11.9. The molecule has 1 saturated carbocycles. The van der Waals surface area contributed by atoms with Gasteiger partial charge in [-0.2, -0.15) is 0 Å². The predicted molar refractivity (Wildman–Crippen MR) is 62.7 cm³/mol. The summed E-state index contributed by atoms with van der Waals surface area (Å²) in [6.45, 7) is 1.57. The molecular formula is C10H16N2O3S. The van der Waals surface area contributed by atoms with Gasteiger partial charge < -0.3 is 15.8 Å². The molecule has 1 atom stereocenters. The van der Waals surface area contributed by atoms with Gasteiger partial charge in [0.2, 0.25) is 5.91 Å². The van der Waals surface area contributed by atoms with E-state index in [9.17, 15) is 9.59 Å². The molecule has 90 valence electrons. The first-order chi connectivity index (χ1) is 7.44. The molecule has 16 heavy (non-hydrogen) atoms. The molecule has 0 aromatic rings. The van der Waals surface area contributed by atoms with Gasteiger partial charge in [-0.3, -0.25) is 4.79 Å². The summed E-state index contributed by atoms with van der Waals surface area (Å²) in [5.74, 6) is -0.755. The van der Waals surface area contributed by atoms with Gasteiger partial charge in [0, 0.05) is 0 Å². The lowest BCUT2D eigenvalue weighted by molar-refractivity contribution is -0.146. The summed E-state index contributed by atoms with van der Waals surface area (Å²) < 4.78 is 4.52. The van der Waals surface area contributed by atoms with Crippen molar-refractivity contribution in [1.82, 2.24) is 5.32 Å². The number of carbonyl (C=O) groups excluding carboxylic acids is 2. The van der Waals surface area contributed by atoms with E-state index in [4.69, 9.17) is 18.0 Å². The lowest BCUT2D eigenvalue weighted by atomic mass is 9.68.